The Balaban J connectivity index is 1.91. The van der Waals surface area contributed by atoms with Crippen LogP contribution in [0, 0.1) is 19.3 Å². The second kappa shape index (κ2) is 6.73. The molecule has 1 aliphatic rings. The molecule has 1 saturated heterocycles. The van der Waals surface area contributed by atoms with Crippen molar-refractivity contribution in [2.45, 2.75) is 39.7 Å². The third-order valence-corrected chi connectivity index (χ3v) is 5.27. The molecule has 0 aliphatic carbocycles. The van der Waals surface area contributed by atoms with E-state index >= 15 is 0 Å². The lowest BCUT2D eigenvalue weighted by Crippen LogP contribution is -2.43. The van der Waals surface area contributed by atoms with E-state index in [-0.39, 0.29) is 11.2 Å². The number of aromatic hydroxyl groups is 1. The molecule has 2 N–H and O–H groups in total. The van der Waals surface area contributed by atoms with Gasteiger partial charge >= 0.3 is 0 Å². The lowest BCUT2D eigenvalue weighted by molar-refractivity contribution is -0.0174. The van der Waals surface area contributed by atoms with Gasteiger partial charge in [-0.05, 0) is 69.6 Å². The molecular formula is C20H27N3O2. The van der Waals surface area contributed by atoms with Crippen molar-refractivity contribution in [3.8, 4) is 17.0 Å². The molecule has 1 aromatic heterocycles. The van der Waals surface area contributed by atoms with Crippen LogP contribution in [0.3, 0.4) is 0 Å². The van der Waals surface area contributed by atoms with Gasteiger partial charge < -0.3 is 15.1 Å². The number of rotatable bonds is 3. The summed E-state index contributed by atoms with van der Waals surface area (Å²) in [6.07, 6.45) is 1.40. The van der Waals surface area contributed by atoms with Crippen LogP contribution in [0.25, 0.3) is 11.3 Å². The van der Waals surface area contributed by atoms with Gasteiger partial charge in [-0.1, -0.05) is 13.0 Å². The van der Waals surface area contributed by atoms with Gasteiger partial charge in [0.1, 0.15) is 11.9 Å². The number of aliphatic hydroxyl groups excluding tert-OH is 1. The van der Waals surface area contributed by atoms with Crippen LogP contribution in [0.15, 0.2) is 24.3 Å². The highest BCUT2D eigenvalue weighted by Gasteiger charge is 2.38. The summed E-state index contributed by atoms with van der Waals surface area (Å²) in [5.74, 6) is 0.201. The van der Waals surface area contributed by atoms with Gasteiger partial charge in [-0.3, -0.25) is 0 Å². The number of phenolic OH excluding ortho intramolecular Hbond substituents is 1. The average molecular weight is 341 g/mol. The lowest BCUT2D eigenvalue weighted by atomic mass is 9.76. The second-order valence-corrected chi connectivity index (χ2v) is 7.72. The van der Waals surface area contributed by atoms with Crippen LogP contribution < -0.4 is 0 Å². The van der Waals surface area contributed by atoms with Gasteiger partial charge in [-0.25, -0.2) is 0 Å². The number of aliphatic hydroxyl groups is 1. The Hall–Kier alpha value is -1.98. The zero-order valence-electron chi connectivity index (χ0n) is 15.5. The molecule has 5 heteroatoms. The normalized spacial score (nSPS) is 22.8. The van der Waals surface area contributed by atoms with Crippen LogP contribution in [0.5, 0.6) is 5.75 Å². The van der Waals surface area contributed by atoms with E-state index in [0.29, 0.717) is 17.0 Å². The fourth-order valence-corrected chi connectivity index (χ4v) is 3.86. The second-order valence-electron chi connectivity index (χ2n) is 7.72. The number of aromatic nitrogens is 2. The molecule has 0 radical (unpaired) electrons. The van der Waals surface area contributed by atoms with Gasteiger partial charge in [0.2, 0.25) is 0 Å². The molecule has 1 aromatic carbocycles. The largest absolute Gasteiger partial charge is 0.507 e. The minimum atomic E-state index is -0.651. The highest BCUT2D eigenvalue weighted by atomic mass is 16.3. The summed E-state index contributed by atoms with van der Waals surface area (Å²) in [4.78, 5) is 2.26. The average Bonchev–Trinajstić information content (AvgIpc) is 2.54. The summed E-state index contributed by atoms with van der Waals surface area (Å²) >= 11 is 0. The van der Waals surface area contributed by atoms with Crippen molar-refractivity contribution in [1.29, 1.82) is 0 Å². The van der Waals surface area contributed by atoms with Crippen molar-refractivity contribution >= 4 is 0 Å². The van der Waals surface area contributed by atoms with Crippen molar-refractivity contribution in [3.63, 3.8) is 0 Å². The molecule has 134 valence electrons. The van der Waals surface area contributed by atoms with Gasteiger partial charge in [0.05, 0.1) is 11.4 Å². The molecule has 0 amide bonds. The first kappa shape index (κ1) is 17.8. The summed E-state index contributed by atoms with van der Waals surface area (Å²) in [5.41, 5.74) is 3.59. The van der Waals surface area contributed by atoms with Gasteiger partial charge in [-0.2, -0.15) is 5.10 Å². The Morgan fingerprint density at radius 3 is 2.60 bits per heavy atom. The van der Waals surface area contributed by atoms with E-state index in [1.54, 1.807) is 6.07 Å². The molecule has 2 aromatic rings. The van der Waals surface area contributed by atoms with E-state index in [1.807, 2.05) is 32.0 Å². The zero-order valence-corrected chi connectivity index (χ0v) is 15.5. The first-order chi connectivity index (χ1) is 11.8. The molecule has 3 rings (SSSR count). The standard InChI is InChI=1S/C20H27N3O2/c1-13-6-7-15(17(24)10-13)18-14(2)11-16(21-22-18)19(25)20(3)8-5-9-23(4)12-20/h6-7,10-11,19,24-25H,5,8-9,12H2,1-4H3/t19-,20-/m1/s1. The van der Waals surface area contributed by atoms with Crippen LogP contribution in [-0.4, -0.2) is 45.4 Å². The van der Waals surface area contributed by atoms with Gasteiger partial charge in [0, 0.05) is 17.5 Å². The van der Waals surface area contributed by atoms with Crippen molar-refractivity contribution in [1.82, 2.24) is 15.1 Å². The quantitative estimate of drug-likeness (QED) is 0.897. The highest BCUT2D eigenvalue weighted by molar-refractivity contribution is 5.69. The molecule has 0 unspecified atom stereocenters. The van der Waals surface area contributed by atoms with E-state index in [9.17, 15) is 10.2 Å². The van der Waals surface area contributed by atoms with Crippen LogP contribution in [-0.2, 0) is 0 Å². The van der Waals surface area contributed by atoms with Gasteiger partial charge in [0.25, 0.3) is 0 Å². The summed E-state index contributed by atoms with van der Waals surface area (Å²) in [6, 6.07) is 7.41. The topological polar surface area (TPSA) is 69.5 Å². The molecule has 0 bridgehead atoms. The van der Waals surface area contributed by atoms with Crippen molar-refractivity contribution in [3.05, 3.63) is 41.1 Å². The molecule has 0 spiro atoms. The monoisotopic (exact) mass is 341 g/mol. The smallest absolute Gasteiger partial charge is 0.125 e. The summed E-state index contributed by atoms with van der Waals surface area (Å²) in [7, 11) is 2.09. The molecular weight excluding hydrogens is 314 g/mol. The number of phenols is 1. The fraction of sp³-hybridized carbons (Fsp3) is 0.500. The summed E-state index contributed by atoms with van der Waals surface area (Å²) in [5, 5.41) is 29.7. The number of benzene rings is 1. The van der Waals surface area contributed by atoms with E-state index in [4.69, 9.17) is 0 Å². The maximum atomic E-state index is 10.9. The number of hydrogen-bond acceptors (Lipinski definition) is 5. The third kappa shape index (κ3) is 3.53. The van der Waals surface area contributed by atoms with Crippen LogP contribution in [0.2, 0.25) is 0 Å². The van der Waals surface area contributed by atoms with Crippen LogP contribution >= 0.6 is 0 Å². The first-order valence-corrected chi connectivity index (χ1v) is 8.81. The van der Waals surface area contributed by atoms with Gasteiger partial charge in [-0.15, -0.1) is 5.10 Å². The number of piperidine rings is 1. The van der Waals surface area contributed by atoms with Crippen molar-refractivity contribution < 1.29 is 10.2 Å². The summed E-state index contributed by atoms with van der Waals surface area (Å²) < 4.78 is 0. The molecule has 2 heterocycles. The fourth-order valence-electron chi connectivity index (χ4n) is 3.86. The summed E-state index contributed by atoms with van der Waals surface area (Å²) in [6.45, 7) is 7.90. The van der Waals surface area contributed by atoms with E-state index in [0.717, 1.165) is 37.1 Å². The zero-order chi connectivity index (χ0) is 18.2. The molecule has 5 nitrogen and oxygen atoms in total. The Kier molecular flexibility index (Phi) is 4.80. The molecule has 2 atom stereocenters. The first-order valence-electron chi connectivity index (χ1n) is 8.81. The highest BCUT2D eigenvalue weighted by Crippen LogP contribution is 2.41. The molecule has 25 heavy (non-hydrogen) atoms. The van der Waals surface area contributed by atoms with Crippen LogP contribution in [0.4, 0.5) is 0 Å². The van der Waals surface area contributed by atoms with Crippen LogP contribution in [0.1, 0.15) is 42.7 Å². The molecule has 0 saturated carbocycles. The van der Waals surface area contributed by atoms with E-state index < -0.39 is 6.10 Å². The predicted molar refractivity (Wildman–Crippen MR) is 98.4 cm³/mol. The van der Waals surface area contributed by atoms with Crippen molar-refractivity contribution in [2.75, 3.05) is 20.1 Å². The number of nitrogens with zero attached hydrogens (tertiary/aromatic N) is 3. The van der Waals surface area contributed by atoms with E-state index in [2.05, 4.69) is 29.1 Å². The molecule has 1 aliphatic heterocycles. The third-order valence-electron chi connectivity index (χ3n) is 5.27. The predicted octanol–water partition coefficient (Wildman–Crippen LogP) is 3.23. The van der Waals surface area contributed by atoms with E-state index in [1.165, 1.54) is 0 Å². The lowest BCUT2D eigenvalue weighted by Gasteiger charge is -2.41. The Bertz CT molecular complexity index is 778. The Morgan fingerprint density at radius 1 is 1.20 bits per heavy atom. The minimum absolute atomic E-state index is 0.201. The Labute approximate surface area is 149 Å². The number of aryl methyl sites for hydroxylation is 2. The Morgan fingerprint density at radius 2 is 1.96 bits per heavy atom. The molecule has 1 fully saturated rings. The number of likely N-dealkylation sites (tertiary alicyclic amines) is 1. The maximum Gasteiger partial charge on any atom is 0.125 e. The van der Waals surface area contributed by atoms with Gasteiger partial charge in [0.15, 0.2) is 0 Å². The SMILES string of the molecule is Cc1ccc(-c2nnc([C@@H](O)[C@]3(C)CCCN(C)C3)cc2C)c(O)c1. The maximum absolute atomic E-state index is 10.9. The minimum Gasteiger partial charge on any atom is -0.507 e. The number of hydrogen-bond donors (Lipinski definition) is 2. The van der Waals surface area contributed by atoms with Crippen molar-refractivity contribution in [2.24, 2.45) is 5.41 Å².